The Morgan fingerprint density at radius 3 is 2.37 bits per heavy atom. The molecule has 0 aromatic heterocycles. The molecule has 19 heavy (non-hydrogen) atoms. The highest BCUT2D eigenvalue weighted by Gasteiger charge is 2.11. The highest BCUT2D eigenvalue weighted by Crippen LogP contribution is 2.20. The Kier molecular flexibility index (Phi) is 3.71. The van der Waals surface area contributed by atoms with Crippen LogP contribution in [0.5, 0.6) is 0 Å². The molecule has 4 nitrogen and oxygen atoms in total. The molecule has 0 atom stereocenters. The van der Waals surface area contributed by atoms with E-state index in [1.165, 1.54) is 0 Å². The topological polar surface area (TPSA) is 72.3 Å². The van der Waals surface area contributed by atoms with E-state index in [4.69, 9.17) is 11.5 Å². The van der Waals surface area contributed by atoms with Gasteiger partial charge in [0.1, 0.15) is 0 Å². The van der Waals surface area contributed by atoms with Crippen LogP contribution < -0.4 is 16.4 Å². The maximum atomic E-state index is 11.4. The predicted molar refractivity (Wildman–Crippen MR) is 77.9 cm³/mol. The van der Waals surface area contributed by atoms with Gasteiger partial charge in [0.15, 0.2) is 0 Å². The van der Waals surface area contributed by atoms with Crippen molar-refractivity contribution in [1.29, 1.82) is 0 Å². The van der Waals surface area contributed by atoms with Crippen molar-refractivity contribution in [2.24, 2.45) is 5.73 Å². The SMILES string of the molecule is CN(Cc1ccc(N)cc1)c1ccccc1C(N)=O. The predicted octanol–water partition coefficient (Wildman–Crippen LogP) is 2.00. The summed E-state index contributed by atoms with van der Waals surface area (Å²) in [5.74, 6) is -0.417. The standard InChI is InChI=1S/C15H17N3O/c1-18(10-11-6-8-12(16)9-7-11)14-5-3-2-4-13(14)15(17)19/h2-9H,10,16H2,1H3,(H2,17,19). The third kappa shape index (κ3) is 3.04. The van der Waals surface area contributed by atoms with Crippen LogP contribution in [0.1, 0.15) is 15.9 Å². The lowest BCUT2D eigenvalue weighted by molar-refractivity contribution is 0.100. The van der Waals surface area contributed by atoms with E-state index in [1.54, 1.807) is 12.1 Å². The summed E-state index contributed by atoms with van der Waals surface area (Å²) >= 11 is 0. The third-order valence-corrected chi connectivity index (χ3v) is 2.98. The molecule has 98 valence electrons. The van der Waals surface area contributed by atoms with E-state index in [-0.39, 0.29) is 0 Å². The van der Waals surface area contributed by atoms with Gasteiger partial charge in [-0.3, -0.25) is 4.79 Å². The molecule has 1 amide bonds. The van der Waals surface area contributed by atoms with Gasteiger partial charge in [-0.05, 0) is 29.8 Å². The van der Waals surface area contributed by atoms with Crippen molar-refractivity contribution >= 4 is 17.3 Å². The molecule has 0 radical (unpaired) electrons. The Balaban J connectivity index is 2.22. The van der Waals surface area contributed by atoms with Gasteiger partial charge in [0.25, 0.3) is 5.91 Å². The number of hydrogen-bond donors (Lipinski definition) is 2. The molecule has 0 bridgehead atoms. The average molecular weight is 255 g/mol. The summed E-state index contributed by atoms with van der Waals surface area (Å²) in [5, 5.41) is 0. The number of nitrogens with zero attached hydrogens (tertiary/aromatic N) is 1. The zero-order valence-corrected chi connectivity index (χ0v) is 10.8. The van der Waals surface area contributed by atoms with Crippen LogP contribution in [0.4, 0.5) is 11.4 Å². The molecule has 0 saturated heterocycles. The molecule has 2 aromatic rings. The second-order valence-electron chi connectivity index (χ2n) is 4.48. The fourth-order valence-electron chi connectivity index (χ4n) is 2.00. The minimum Gasteiger partial charge on any atom is -0.399 e. The van der Waals surface area contributed by atoms with E-state index in [1.807, 2.05) is 48.3 Å². The molecule has 0 aliphatic carbocycles. The molecule has 4 N–H and O–H groups in total. The number of para-hydroxylation sites is 1. The van der Waals surface area contributed by atoms with Crippen LogP contribution in [0.2, 0.25) is 0 Å². The zero-order chi connectivity index (χ0) is 13.8. The van der Waals surface area contributed by atoms with Crippen molar-refractivity contribution in [3.05, 3.63) is 59.7 Å². The third-order valence-electron chi connectivity index (χ3n) is 2.98. The fourth-order valence-corrected chi connectivity index (χ4v) is 2.00. The first-order valence-electron chi connectivity index (χ1n) is 6.02. The van der Waals surface area contributed by atoms with Crippen molar-refractivity contribution in [3.8, 4) is 0 Å². The van der Waals surface area contributed by atoms with E-state index in [2.05, 4.69) is 0 Å². The molecule has 2 aromatic carbocycles. The van der Waals surface area contributed by atoms with Crippen LogP contribution in [0.3, 0.4) is 0 Å². The van der Waals surface area contributed by atoms with Crippen molar-refractivity contribution in [3.63, 3.8) is 0 Å². The lowest BCUT2D eigenvalue weighted by Gasteiger charge is -2.21. The number of nitrogen functional groups attached to an aromatic ring is 1. The number of anilines is 2. The summed E-state index contributed by atoms with van der Waals surface area (Å²) in [4.78, 5) is 13.4. The highest BCUT2D eigenvalue weighted by atomic mass is 16.1. The molecule has 0 heterocycles. The number of amides is 1. The summed E-state index contributed by atoms with van der Waals surface area (Å²) in [6.45, 7) is 0.685. The van der Waals surface area contributed by atoms with Gasteiger partial charge < -0.3 is 16.4 Å². The molecule has 0 unspecified atom stereocenters. The molecular weight excluding hydrogens is 238 g/mol. The van der Waals surface area contributed by atoms with Gasteiger partial charge in [-0.25, -0.2) is 0 Å². The second-order valence-corrected chi connectivity index (χ2v) is 4.48. The lowest BCUT2D eigenvalue weighted by atomic mass is 10.1. The van der Waals surface area contributed by atoms with Gasteiger partial charge >= 0.3 is 0 Å². The monoisotopic (exact) mass is 255 g/mol. The van der Waals surface area contributed by atoms with Gasteiger partial charge in [-0.2, -0.15) is 0 Å². The maximum absolute atomic E-state index is 11.4. The van der Waals surface area contributed by atoms with E-state index >= 15 is 0 Å². The van der Waals surface area contributed by atoms with Crippen LogP contribution in [0, 0.1) is 0 Å². The summed E-state index contributed by atoms with van der Waals surface area (Å²) in [5.41, 5.74) is 14.3. The van der Waals surface area contributed by atoms with Crippen LogP contribution in [0.15, 0.2) is 48.5 Å². The number of benzene rings is 2. The molecule has 0 spiro atoms. The van der Waals surface area contributed by atoms with Crippen LogP contribution in [-0.2, 0) is 6.54 Å². The zero-order valence-electron chi connectivity index (χ0n) is 10.8. The Bertz CT molecular complexity index is 578. The number of carbonyl (C=O) groups is 1. The van der Waals surface area contributed by atoms with E-state index in [0.717, 1.165) is 16.9 Å². The number of primary amides is 1. The quantitative estimate of drug-likeness (QED) is 0.821. The van der Waals surface area contributed by atoms with Crippen LogP contribution in [-0.4, -0.2) is 13.0 Å². The highest BCUT2D eigenvalue weighted by molar-refractivity contribution is 5.98. The summed E-state index contributed by atoms with van der Waals surface area (Å²) in [6.07, 6.45) is 0. The van der Waals surface area contributed by atoms with Crippen molar-refractivity contribution < 1.29 is 4.79 Å². The lowest BCUT2D eigenvalue weighted by Crippen LogP contribution is -2.21. The summed E-state index contributed by atoms with van der Waals surface area (Å²) in [7, 11) is 1.93. The van der Waals surface area contributed by atoms with Gasteiger partial charge in [-0.15, -0.1) is 0 Å². The van der Waals surface area contributed by atoms with Crippen molar-refractivity contribution in [2.45, 2.75) is 6.54 Å². The average Bonchev–Trinajstić information content (AvgIpc) is 2.41. The number of carbonyl (C=O) groups excluding carboxylic acids is 1. The van der Waals surface area contributed by atoms with E-state index in [9.17, 15) is 4.79 Å². The molecule has 4 heteroatoms. The Hall–Kier alpha value is -2.49. The van der Waals surface area contributed by atoms with Crippen molar-refractivity contribution in [2.75, 3.05) is 17.7 Å². The van der Waals surface area contributed by atoms with Gasteiger partial charge in [0.2, 0.25) is 0 Å². The number of rotatable bonds is 4. The first-order chi connectivity index (χ1) is 9.08. The number of nitrogens with two attached hydrogens (primary N) is 2. The molecular formula is C15H17N3O. The minimum absolute atomic E-state index is 0.417. The summed E-state index contributed by atoms with van der Waals surface area (Å²) < 4.78 is 0. The second kappa shape index (κ2) is 5.44. The largest absolute Gasteiger partial charge is 0.399 e. The normalized spacial score (nSPS) is 10.2. The van der Waals surface area contributed by atoms with Crippen LogP contribution in [0.25, 0.3) is 0 Å². The van der Waals surface area contributed by atoms with Crippen molar-refractivity contribution in [1.82, 2.24) is 0 Å². The molecule has 0 fully saturated rings. The van der Waals surface area contributed by atoms with E-state index in [0.29, 0.717) is 12.1 Å². The first-order valence-corrected chi connectivity index (χ1v) is 6.02. The Labute approximate surface area is 112 Å². The first kappa shape index (κ1) is 13.0. The fraction of sp³-hybridized carbons (Fsp3) is 0.133. The van der Waals surface area contributed by atoms with E-state index < -0.39 is 5.91 Å². The van der Waals surface area contributed by atoms with Crippen LogP contribution >= 0.6 is 0 Å². The summed E-state index contributed by atoms with van der Waals surface area (Å²) in [6, 6.07) is 15.0. The van der Waals surface area contributed by atoms with Gasteiger partial charge in [-0.1, -0.05) is 24.3 Å². The molecule has 0 aliphatic heterocycles. The van der Waals surface area contributed by atoms with Gasteiger partial charge in [0.05, 0.1) is 5.56 Å². The Morgan fingerprint density at radius 1 is 1.11 bits per heavy atom. The Morgan fingerprint density at radius 2 is 1.74 bits per heavy atom. The van der Waals surface area contributed by atoms with Gasteiger partial charge in [0, 0.05) is 25.0 Å². The number of hydrogen-bond acceptors (Lipinski definition) is 3. The molecule has 2 rings (SSSR count). The molecule has 0 saturated carbocycles. The molecule has 0 aliphatic rings. The maximum Gasteiger partial charge on any atom is 0.250 e. The minimum atomic E-state index is -0.417. The smallest absolute Gasteiger partial charge is 0.250 e.